The average Bonchev–Trinajstić information content (AvgIpc) is 2.99. The van der Waals surface area contributed by atoms with Crippen LogP contribution >= 0.6 is 11.3 Å². The lowest BCUT2D eigenvalue weighted by atomic mass is 10.1. The molecule has 2 heterocycles. The zero-order valence-electron chi connectivity index (χ0n) is 12.4. The molecule has 0 radical (unpaired) electrons. The third kappa shape index (κ3) is 4.57. The van der Waals surface area contributed by atoms with E-state index in [-0.39, 0.29) is 12.0 Å². The lowest BCUT2D eigenvalue weighted by Gasteiger charge is -2.32. The Morgan fingerprint density at radius 2 is 2.48 bits per heavy atom. The number of nitrogens with two attached hydrogens (primary N) is 1. The molecule has 0 saturated carbocycles. The zero-order chi connectivity index (χ0) is 15.1. The third-order valence-corrected chi connectivity index (χ3v) is 4.23. The number of thiophene rings is 1. The van der Waals surface area contributed by atoms with Gasteiger partial charge in [-0.2, -0.15) is 0 Å². The molecule has 2 rings (SSSR count). The van der Waals surface area contributed by atoms with Crippen molar-refractivity contribution in [1.82, 2.24) is 4.90 Å². The van der Waals surface area contributed by atoms with E-state index in [1.54, 1.807) is 0 Å². The minimum atomic E-state index is 0.0804. The van der Waals surface area contributed by atoms with Crippen LogP contribution in [0.5, 0.6) is 0 Å². The van der Waals surface area contributed by atoms with Gasteiger partial charge < -0.3 is 15.4 Å². The fourth-order valence-corrected chi connectivity index (χ4v) is 3.13. The Morgan fingerprint density at radius 3 is 3.24 bits per heavy atom. The second kappa shape index (κ2) is 8.18. The van der Waals surface area contributed by atoms with Crippen LogP contribution in [0, 0.1) is 11.8 Å². The molecule has 21 heavy (non-hydrogen) atoms. The number of hydrogen-bond acceptors (Lipinski definition) is 4. The fraction of sp³-hybridized carbons (Fsp3) is 0.562. The minimum Gasteiger partial charge on any atom is -0.376 e. The predicted octanol–water partition coefficient (Wildman–Crippen LogP) is 2.09. The Hall–Kier alpha value is -1.35. The fourth-order valence-electron chi connectivity index (χ4n) is 2.38. The first-order valence-corrected chi connectivity index (χ1v) is 8.31. The highest BCUT2D eigenvalue weighted by Gasteiger charge is 2.25. The van der Waals surface area contributed by atoms with Crippen molar-refractivity contribution in [2.24, 2.45) is 5.73 Å². The van der Waals surface area contributed by atoms with Crippen molar-refractivity contribution in [1.29, 1.82) is 0 Å². The van der Waals surface area contributed by atoms with Gasteiger partial charge >= 0.3 is 0 Å². The molecule has 1 amide bonds. The molecule has 5 heteroatoms. The standard InChI is InChI=1S/C16H22N2O2S/c1-2-9-20-14-5-4-8-18(11-14)16(19)13-10-15(21-12-13)6-3-7-17/h10,12,14H,2,4-5,7-9,11,17H2,1H3. The van der Waals surface area contributed by atoms with Crippen molar-refractivity contribution >= 4 is 17.2 Å². The van der Waals surface area contributed by atoms with E-state index in [4.69, 9.17) is 10.5 Å². The van der Waals surface area contributed by atoms with Crippen LogP contribution in [0.3, 0.4) is 0 Å². The largest absolute Gasteiger partial charge is 0.376 e. The molecule has 1 fully saturated rings. The molecule has 0 aromatic carbocycles. The summed E-state index contributed by atoms with van der Waals surface area (Å²) in [6, 6.07) is 1.85. The van der Waals surface area contributed by atoms with Crippen molar-refractivity contribution in [3.63, 3.8) is 0 Å². The first kappa shape index (κ1) is 16.0. The summed E-state index contributed by atoms with van der Waals surface area (Å²) in [5.41, 5.74) is 6.08. The monoisotopic (exact) mass is 306 g/mol. The van der Waals surface area contributed by atoms with E-state index in [1.165, 1.54) is 11.3 Å². The third-order valence-electron chi connectivity index (χ3n) is 3.38. The molecule has 0 aliphatic carbocycles. The Bertz CT molecular complexity index is 530. The molecule has 2 N–H and O–H groups in total. The number of piperidine rings is 1. The highest BCUT2D eigenvalue weighted by Crippen LogP contribution is 2.19. The normalized spacial score (nSPS) is 18.2. The molecule has 4 nitrogen and oxygen atoms in total. The topological polar surface area (TPSA) is 55.6 Å². The maximum absolute atomic E-state index is 12.5. The number of carbonyl (C=O) groups is 1. The summed E-state index contributed by atoms with van der Waals surface area (Å²) in [6.07, 6.45) is 3.24. The SMILES string of the molecule is CCCOC1CCCN(C(=O)c2csc(C#CCN)c2)C1. The van der Waals surface area contributed by atoms with E-state index >= 15 is 0 Å². The van der Waals surface area contributed by atoms with Gasteiger partial charge in [0.15, 0.2) is 0 Å². The van der Waals surface area contributed by atoms with Gasteiger partial charge in [-0.15, -0.1) is 11.3 Å². The molecule has 1 aromatic heterocycles. The van der Waals surface area contributed by atoms with Crippen LogP contribution in [0.25, 0.3) is 0 Å². The van der Waals surface area contributed by atoms with E-state index in [0.717, 1.165) is 42.9 Å². The molecular formula is C16H22N2O2S. The van der Waals surface area contributed by atoms with Crippen LogP contribution in [0.15, 0.2) is 11.4 Å². The molecular weight excluding hydrogens is 284 g/mol. The molecule has 0 spiro atoms. The number of hydrogen-bond donors (Lipinski definition) is 1. The lowest BCUT2D eigenvalue weighted by molar-refractivity contribution is 0.00213. The predicted molar refractivity (Wildman–Crippen MR) is 85.4 cm³/mol. The minimum absolute atomic E-state index is 0.0804. The lowest BCUT2D eigenvalue weighted by Crippen LogP contribution is -2.43. The number of carbonyl (C=O) groups excluding carboxylic acids is 1. The van der Waals surface area contributed by atoms with Crippen LogP contribution < -0.4 is 5.73 Å². The summed E-state index contributed by atoms with van der Waals surface area (Å²) in [4.78, 5) is 15.3. The van der Waals surface area contributed by atoms with E-state index in [0.29, 0.717) is 13.1 Å². The van der Waals surface area contributed by atoms with Gasteiger partial charge in [0.1, 0.15) is 0 Å². The Balaban J connectivity index is 1.97. The van der Waals surface area contributed by atoms with Crippen molar-refractivity contribution < 1.29 is 9.53 Å². The van der Waals surface area contributed by atoms with Gasteiger partial charge in [-0.05, 0) is 25.3 Å². The maximum Gasteiger partial charge on any atom is 0.254 e. The molecule has 0 bridgehead atoms. The van der Waals surface area contributed by atoms with Crippen LogP contribution in [0.1, 0.15) is 41.4 Å². The zero-order valence-corrected chi connectivity index (χ0v) is 13.2. The first-order chi connectivity index (χ1) is 10.2. The van der Waals surface area contributed by atoms with Gasteiger partial charge in [-0.1, -0.05) is 18.8 Å². The van der Waals surface area contributed by atoms with Crippen molar-refractivity contribution in [2.45, 2.75) is 32.3 Å². The smallest absolute Gasteiger partial charge is 0.254 e. The summed E-state index contributed by atoms with van der Waals surface area (Å²) >= 11 is 1.49. The highest BCUT2D eigenvalue weighted by atomic mass is 32.1. The number of amides is 1. The average molecular weight is 306 g/mol. The number of likely N-dealkylation sites (tertiary alicyclic amines) is 1. The van der Waals surface area contributed by atoms with Gasteiger partial charge in [0.2, 0.25) is 0 Å². The number of nitrogens with zero attached hydrogens (tertiary/aromatic N) is 1. The van der Waals surface area contributed by atoms with Gasteiger partial charge in [0, 0.05) is 25.1 Å². The van der Waals surface area contributed by atoms with Crippen LogP contribution in [0.4, 0.5) is 0 Å². The molecule has 1 unspecified atom stereocenters. The number of rotatable bonds is 4. The summed E-state index contributed by atoms with van der Waals surface area (Å²) < 4.78 is 5.78. The summed E-state index contributed by atoms with van der Waals surface area (Å²) in [6.45, 7) is 4.71. The summed E-state index contributed by atoms with van der Waals surface area (Å²) in [5.74, 6) is 5.86. The second-order valence-electron chi connectivity index (χ2n) is 5.09. The van der Waals surface area contributed by atoms with Crippen LogP contribution in [-0.4, -0.2) is 43.2 Å². The molecule has 1 aliphatic rings. The van der Waals surface area contributed by atoms with E-state index in [9.17, 15) is 4.79 Å². The highest BCUT2D eigenvalue weighted by molar-refractivity contribution is 7.10. The van der Waals surface area contributed by atoms with Crippen molar-refractivity contribution in [3.05, 3.63) is 21.9 Å². The number of ether oxygens (including phenoxy) is 1. The van der Waals surface area contributed by atoms with Crippen molar-refractivity contribution in [3.8, 4) is 11.8 Å². The van der Waals surface area contributed by atoms with E-state index in [2.05, 4.69) is 18.8 Å². The quantitative estimate of drug-likeness (QED) is 0.867. The Morgan fingerprint density at radius 1 is 1.62 bits per heavy atom. The van der Waals surface area contributed by atoms with Gasteiger partial charge in [0.25, 0.3) is 5.91 Å². The van der Waals surface area contributed by atoms with Gasteiger partial charge in [-0.3, -0.25) is 4.79 Å². The van der Waals surface area contributed by atoms with Crippen LogP contribution in [0.2, 0.25) is 0 Å². The first-order valence-electron chi connectivity index (χ1n) is 7.43. The molecule has 1 aliphatic heterocycles. The van der Waals surface area contributed by atoms with Crippen molar-refractivity contribution in [2.75, 3.05) is 26.2 Å². The molecule has 1 aromatic rings. The van der Waals surface area contributed by atoms with E-state index in [1.807, 2.05) is 16.3 Å². The second-order valence-corrected chi connectivity index (χ2v) is 6.00. The maximum atomic E-state index is 12.5. The summed E-state index contributed by atoms with van der Waals surface area (Å²) in [5, 5.41) is 1.87. The van der Waals surface area contributed by atoms with E-state index < -0.39 is 0 Å². The molecule has 1 saturated heterocycles. The van der Waals surface area contributed by atoms with Crippen LogP contribution in [-0.2, 0) is 4.74 Å². The Kier molecular flexibility index (Phi) is 6.24. The molecule has 1 atom stereocenters. The van der Waals surface area contributed by atoms with Gasteiger partial charge in [-0.25, -0.2) is 0 Å². The summed E-state index contributed by atoms with van der Waals surface area (Å²) in [7, 11) is 0. The van der Waals surface area contributed by atoms with Gasteiger partial charge in [0.05, 0.1) is 23.1 Å². The molecule has 114 valence electrons. The Labute approximate surface area is 130 Å².